The number of halogens is 1. The number of aliphatic carboxylic acids is 2. The van der Waals surface area contributed by atoms with Crippen molar-refractivity contribution in [3.63, 3.8) is 0 Å². The summed E-state index contributed by atoms with van der Waals surface area (Å²) in [6.07, 6.45) is -0.461. The van der Waals surface area contributed by atoms with E-state index in [1.54, 1.807) is 6.07 Å². The van der Waals surface area contributed by atoms with E-state index in [4.69, 9.17) is 15.9 Å². The molecule has 0 aromatic heterocycles. The van der Waals surface area contributed by atoms with Crippen LogP contribution in [-0.2, 0) is 32.5 Å². The summed E-state index contributed by atoms with van der Waals surface area (Å²) >= 11 is 1.49. The van der Waals surface area contributed by atoms with Crippen LogP contribution < -0.4 is 31.4 Å². The van der Waals surface area contributed by atoms with E-state index in [2.05, 4.69) is 21.3 Å². The van der Waals surface area contributed by atoms with Gasteiger partial charge in [-0.1, -0.05) is 0 Å². The zero-order chi connectivity index (χ0) is 28.0. The first-order valence-corrected chi connectivity index (χ1v) is 14.8. The number of carboxylic acids is 2. The second-order valence-corrected chi connectivity index (χ2v) is 10.5. The molecule has 2 atom stereocenters. The van der Waals surface area contributed by atoms with Gasteiger partial charge in [0, 0.05) is 6.42 Å². The number of amides is 4. The van der Waals surface area contributed by atoms with Crippen molar-refractivity contribution in [2.24, 2.45) is 5.73 Å². The molecule has 37 heavy (non-hydrogen) atoms. The number of hydrogen-bond acceptors (Lipinski definition) is 9. The van der Waals surface area contributed by atoms with Crippen molar-refractivity contribution in [2.45, 2.75) is 24.9 Å². The number of benzene rings is 1. The van der Waals surface area contributed by atoms with Gasteiger partial charge in [-0.05, 0) is 6.42 Å². The van der Waals surface area contributed by atoms with Crippen LogP contribution in [0.1, 0.15) is 12.8 Å². The molecule has 0 radical (unpaired) electrons. The van der Waals surface area contributed by atoms with E-state index in [1.807, 2.05) is 22.6 Å². The number of rotatable bonds is 16. The van der Waals surface area contributed by atoms with Crippen LogP contribution in [0.3, 0.4) is 0 Å². The van der Waals surface area contributed by atoms with Gasteiger partial charge in [0.05, 0.1) is 0 Å². The van der Waals surface area contributed by atoms with Gasteiger partial charge < -0.3 is 15.9 Å². The van der Waals surface area contributed by atoms with Crippen LogP contribution in [0.15, 0.2) is 18.2 Å². The molecule has 202 valence electrons. The minimum Gasteiger partial charge on any atom is -0.480 e. The molecule has 0 aliphatic rings. The van der Waals surface area contributed by atoms with Gasteiger partial charge in [-0.3, -0.25) is 14.4 Å². The van der Waals surface area contributed by atoms with E-state index in [-0.39, 0.29) is 46.1 Å². The summed E-state index contributed by atoms with van der Waals surface area (Å²) in [7, 11) is 0. The molecule has 0 aliphatic heterocycles. The van der Waals surface area contributed by atoms with Gasteiger partial charge in [0.15, 0.2) is 0 Å². The molecule has 0 heterocycles. The molecule has 1 aromatic rings. The standard InChI is InChI=1S/C20H25AsIN5O9S/c22-6-16(29)26-13-5-10(21-36)1-3-12(13)25-17(30)9-37-8-14(19(33)24-7-18(31)32)27-15(28)4-2-11(23)20(34)35/h1,3,5,11,14H,2,4,6-9,23H2,(H,24,33)(H,25,30)(H,26,29)(H,27,28)(H,31,32)(H,34,35)/t11-,14-/m0/s1. The average molecular weight is 713 g/mol. The molecule has 0 fully saturated rings. The molecule has 0 spiro atoms. The smallest absolute Gasteiger partial charge is 0.480 e. The molecular formula is C20H25AsIN5O9S. The first-order valence-electron chi connectivity index (χ1n) is 10.4. The molecule has 0 saturated carbocycles. The first kappa shape index (κ1) is 32.5. The summed E-state index contributed by atoms with van der Waals surface area (Å²) in [4.78, 5) is 70.3. The Bertz CT molecular complexity index is 1050. The number of carbonyl (C=O) groups excluding carboxylic acids is 4. The van der Waals surface area contributed by atoms with Crippen molar-refractivity contribution in [1.82, 2.24) is 10.6 Å². The second kappa shape index (κ2) is 17.0. The van der Waals surface area contributed by atoms with Crippen molar-refractivity contribution in [3.8, 4) is 0 Å². The normalized spacial score (nSPS) is 12.2. The van der Waals surface area contributed by atoms with Crippen molar-refractivity contribution < 1.29 is 42.7 Å². The van der Waals surface area contributed by atoms with E-state index in [9.17, 15) is 32.5 Å². The first-order chi connectivity index (χ1) is 17.5. The topological polar surface area (TPSA) is 234 Å². The van der Waals surface area contributed by atoms with E-state index >= 15 is 0 Å². The fraction of sp³-hybridized carbons (Fsp3) is 0.400. The molecule has 0 unspecified atom stereocenters. The van der Waals surface area contributed by atoms with Crippen molar-refractivity contribution in [2.75, 3.05) is 33.1 Å². The molecule has 1 aromatic carbocycles. The molecule has 0 saturated heterocycles. The number of nitrogens with one attached hydrogen (secondary N) is 4. The zero-order valence-corrected chi connectivity index (χ0v) is 24.0. The number of carboxylic acid groups (broad SMARTS) is 2. The van der Waals surface area contributed by atoms with Crippen LogP contribution in [0.4, 0.5) is 11.4 Å². The third kappa shape index (κ3) is 13.0. The number of nitrogens with two attached hydrogens (primary N) is 1. The average Bonchev–Trinajstić information content (AvgIpc) is 2.85. The summed E-state index contributed by atoms with van der Waals surface area (Å²) in [6.45, 7) is -0.687. The Morgan fingerprint density at radius 1 is 1.03 bits per heavy atom. The Kier molecular flexibility index (Phi) is 15.0. The van der Waals surface area contributed by atoms with Gasteiger partial charge in [-0.25, -0.2) is 0 Å². The third-order valence-electron chi connectivity index (χ3n) is 4.36. The summed E-state index contributed by atoms with van der Waals surface area (Å²) in [5, 5.41) is 27.3. The van der Waals surface area contributed by atoms with Gasteiger partial charge in [0.1, 0.15) is 12.6 Å². The Morgan fingerprint density at radius 3 is 2.30 bits per heavy atom. The van der Waals surface area contributed by atoms with E-state index in [0.29, 0.717) is 4.35 Å². The van der Waals surface area contributed by atoms with Gasteiger partial charge in [0.2, 0.25) is 0 Å². The molecule has 14 nitrogen and oxygen atoms in total. The van der Waals surface area contributed by atoms with Crippen LogP contribution in [0.25, 0.3) is 0 Å². The van der Waals surface area contributed by atoms with Crippen molar-refractivity contribution in [1.29, 1.82) is 0 Å². The van der Waals surface area contributed by atoms with Crippen molar-refractivity contribution >= 4 is 101 Å². The summed E-state index contributed by atoms with van der Waals surface area (Å²) in [5.74, 6) is -5.15. The third-order valence-corrected chi connectivity index (χ3v) is 7.12. The maximum atomic E-state index is 12.5. The summed E-state index contributed by atoms with van der Waals surface area (Å²) in [6, 6.07) is 2.07. The van der Waals surface area contributed by atoms with Gasteiger partial charge in [-0.2, -0.15) is 0 Å². The second-order valence-electron chi connectivity index (χ2n) is 7.28. The minimum absolute atomic E-state index is 0.104. The number of thioether (sulfide) groups is 1. The van der Waals surface area contributed by atoms with Gasteiger partial charge in [0.25, 0.3) is 0 Å². The van der Waals surface area contributed by atoms with E-state index in [1.165, 1.54) is 12.1 Å². The summed E-state index contributed by atoms with van der Waals surface area (Å²) < 4.78 is 11.9. The van der Waals surface area contributed by atoms with Crippen LogP contribution in [0, 0.1) is 0 Å². The van der Waals surface area contributed by atoms with Crippen LogP contribution in [0.5, 0.6) is 0 Å². The Balaban J connectivity index is 2.78. The quantitative estimate of drug-likeness (QED) is 0.0579. The molecule has 8 N–H and O–H groups in total. The predicted molar refractivity (Wildman–Crippen MR) is 143 cm³/mol. The SMILES string of the molecule is N[C@@H](CCC(=O)N[C@@H](CSCC(=O)Nc1ccc([As]=O)cc1NC(=O)CI)C(=O)NCC(=O)O)C(=O)O. The van der Waals surface area contributed by atoms with E-state index < -0.39 is 64.0 Å². The molecule has 17 heteroatoms. The maximum absolute atomic E-state index is 12.5. The fourth-order valence-corrected chi connectivity index (χ4v) is 4.29. The van der Waals surface area contributed by atoms with Crippen molar-refractivity contribution in [3.05, 3.63) is 18.2 Å². The monoisotopic (exact) mass is 713 g/mol. The van der Waals surface area contributed by atoms with Gasteiger partial charge >= 0.3 is 181 Å². The molecule has 1 rings (SSSR count). The Morgan fingerprint density at radius 2 is 1.70 bits per heavy atom. The number of hydrogen-bond donors (Lipinski definition) is 7. The van der Waals surface area contributed by atoms with E-state index in [0.717, 1.165) is 11.8 Å². The molecular weight excluding hydrogens is 688 g/mol. The van der Waals surface area contributed by atoms with Crippen LogP contribution in [-0.4, -0.2) is 96.0 Å². The minimum atomic E-state index is -1.34. The number of carbonyl (C=O) groups is 6. The Labute approximate surface area is 235 Å². The Hall–Kier alpha value is -2.56. The van der Waals surface area contributed by atoms with Crippen LogP contribution >= 0.6 is 34.4 Å². The van der Waals surface area contributed by atoms with Gasteiger partial charge in [-0.15, -0.1) is 0 Å². The number of alkyl halides is 1. The summed E-state index contributed by atoms with van der Waals surface area (Å²) in [5.41, 5.74) is 5.92. The number of anilines is 2. The molecule has 0 bridgehead atoms. The molecule has 0 aliphatic carbocycles. The fourth-order valence-electron chi connectivity index (χ4n) is 2.59. The zero-order valence-electron chi connectivity index (χ0n) is 19.2. The molecule has 4 amide bonds. The predicted octanol–water partition coefficient (Wildman–Crippen LogP) is -1.72. The van der Waals surface area contributed by atoms with Crippen LogP contribution in [0.2, 0.25) is 0 Å².